The molecule has 1 unspecified atom stereocenters. The second-order valence-electron chi connectivity index (χ2n) is 11.3. The molecule has 2 N–H and O–H groups in total. The van der Waals surface area contributed by atoms with E-state index in [4.69, 9.17) is 19.9 Å². The lowest BCUT2D eigenvalue weighted by molar-refractivity contribution is -0.142. The largest absolute Gasteiger partial charge is 0.485 e. The Hall–Kier alpha value is -4.59. The van der Waals surface area contributed by atoms with E-state index in [0.717, 1.165) is 52.3 Å². The van der Waals surface area contributed by atoms with Crippen LogP contribution in [0, 0.1) is 0 Å². The van der Waals surface area contributed by atoms with E-state index in [1.54, 1.807) is 18.0 Å². The van der Waals surface area contributed by atoms with Gasteiger partial charge in [-0.25, -0.2) is 9.78 Å². The number of hydrogen-bond acceptors (Lipinski definition) is 7. The summed E-state index contributed by atoms with van der Waals surface area (Å²) in [4.78, 5) is 30.9. The number of nitrogen functional groups attached to an aromatic ring is 1. The minimum atomic E-state index is -0.278. The van der Waals surface area contributed by atoms with Crippen LogP contribution < -0.4 is 10.5 Å². The lowest BCUT2D eigenvalue weighted by Gasteiger charge is -2.39. The van der Waals surface area contributed by atoms with Crippen molar-refractivity contribution in [2.75, 3.05) is 32.0 Å². The molecule has 1 atom stereocenters. The van der Waals surface area contributed by atoms with E-state index in [1.807, 2.05) is 49.4 Å². The molecular formula is C35H37N3O5. The highest BCUT2D eigenvalue weighted by Gasteiger charge is 2.47. The van der Waals surface area contributed by atoms with Gasteiger partial charge in [0.2, 0.25) is 0 Å². The van der Waals surface area contributed by atoms with E-state index in [-0.39, 0.29) is 30.0 Å². The molecule has 3 aromatic carbocycles. The quantitative estimate of drug-likeness (QED) is 0.246. The van der Waals surface area contributed by atoms with Gasteiger partial charge in [0, 0.05) is 35.7 Å². The molecule has 43 heavy (non-hydrogen) atoms. The molecule has 1 amide bonds. The van der Waals surface area contributed by atoms with Crippen molar-refractivity contribution in [2.45, 2.75) is 51.0 Å². The number of anilines is 1. The number of likely N-dealkylation sites (tertiary alicyclic amines) is 1. The Morgan fingerprint density at radius 3 is 2.53 bits per heavy atom. The van der Waals surface area contributed by atoms with Crippen LogP contribution in [0.25, 0.3) is 21.9 Å². The Labute approximate surface area is 251 Å². The molecule has 0 radical (unpaired) electrons. The monoisotopic (exact) mass is 579 g/mol. The minimum Gasteiger partial charge on any atom is -0.485 e. The van der Waals surface area contributed by atoms with Crippen molar-refractivity contribution >= 4 is 28.7 Å². The van der Waals surface area contributed by atoms with E-state index in [9.17, 15) is 9.59 Å². The zero-order valence-electron chi connectivity index (χ0n) is 24.7. The van der Waals surface area contributed by atoms with E-state index in [2.05, 4.69) is 29.2 Å². The van der Waals surface area contributed by atoms with E-state index in [1.165, 1.54) is 5.56 Å². The summed E-state index contributed by atoms with van der Waals surface area (Å²) in [5.74, 6) is 0.911. The molecule has 6 rings (SSSR count). The Morgan fingerprint density at radius 1 is 0.953 bits per heavy atom. The van der Waals surface area contributed by atoms with Gasteiger partial charge in [0.15, 0.2) is 0 Å². The number of pyridine rings is 1. The highest BCUT2D eigenvalue weighted by molar-refractivity contribution is 6.01. The fourth-order valence-corrected chi connectivity index (χ4v) is 6.73. The predicted molar refractivity (Wildman–Crippen MR) is 166 cm³/mol. The minimum absolute atomic E-state index is 0.134. The number of piperidine rings is 1. The van der Waals surface area contributed by atoms with Crippen LogP contribution in [-0.4, -0.2) is 48.2 Å². The molecule has 2 aliphatic rings. The third-order valence-corrected chi connectivity index (χ3v) is 8.82. The highest BCUT2D eigenvalue weighted by atomic mass is 16.6. The molecule has 4 aromatic rings. The van der Waals surface area contributed by atoms with Crippen LogP contribution in [0.1, 0.15) is 55.9 Å². The summed E-state index contributed by atoms with van der Waals surface area (Å²) in [6.07, 6.45) is 3.83. The van der Waals surface area contributed by atoms with Crippen molar-refractivity contribution in [3.05, 3.63) is 89.6 Å². The fraction of sp³-hybridized carbons (Fsp3) is 0.343. The second-order valence-corrected chi connectivity index (χ2v) is 11.3. The summed E-state index contributed by atoms with van der Waals surface area (Å²) >= 11 is 0. The third-order valence-electron chi connectivity index (χ3n) is 8.82. The third kappa shape index (κ3) is 5.49. The first-order chi connectivity index (χ1) is 20.9. The average molecular weight is 580 g/mol. The first-order valence-electron chi connectivity index (χ1n) is 15.0. The van der Waals surface area contributed by atoms with Crippen molar-refractivity contribution in [3.63, 3.8) is 0 Å². The average Bonchev–Trinajstić information content (AvgIpc) is 3.30. The summed E-state index contributed by atoms with van der Waals surface area (Å²) in [7, 11) is 0. The van der Waals surface area contributed by atoms with Gasteiger partial charge < -0.3 is 24.8 Å². The topological polar surface area (TPSA) is 104 Å². The predicted octanol–water partition coefficient (Wildman–Crippen LogP) is 6.60. The normalized spacial score (nSPS) is 17.1. The van der Waals surface area contributed by atoms with E-state index < -0.39 is 0 Å². The number of carbonyl (C=O) groups is 2. The first-order valence-corrected chi connectivity index (χ1v) is 15.0. The van der Waals surface area contributed by atoms with Crippen molar-refractivity contribution in [2.24, 2.45) is 0 Å². The van der Waals surface area contributed by atoms with Crippen LogP contribution in [0.15, 0.2) is 72.9 Å². The molecule has 0 bridgehead atoms. The Kier molecular flexibility index (Phi) is 7.93. The summed E-state index contributed by atoms with van der Waals surface area (Å²) < 4.78 is 17.3. The molecule has 1 fully saturated rings. The number of nitrogens with zero attached hydrogens (tertiary/aromatic N) is 2. The van der Waals surface area contributed by atoms with Gasteiger partial charge in [-0.15, -0.1) is 0 Å². The zero-order valence-corrected chi connectivity index (χ0v) is 24.7. The van der Waals surface area contributed by atoms with E-state index >= 15 is 0 Å². The van der Waals surface area contributed by atoms with Gasteiger partial charge in [-0.05, 0) is 78.9 Å². The number of rotatable bonds is 7. The molecule has 0 saturated carbocycles. The van der Waals surface area contributed by atoms with Gasteiger partial charge >= 0.3 is 12.1 Å². The van der Waals surface area contributed by atoms with Crippen LogP contribution in [0.5, 0.6) is 5.75 Å². The second kappa shape index (κ2) is 12.0. The standard InChI is InChI=1S/C35H37N3O5/c1-3-41-32(39)21-24-8-5-6-11-30(24)43-31-22-35(15-18-38(19-16-35)34(40)42-4-2)29-13-12-23(20-28(29)31)25-9-7-10-27-26(25)14-17-37-33(27)36/h5-14,17,20,31H,3-4,15-16,18-19,21-22H2,1-2H3,(H2,36,37). The van der Waals surface area contributed by atoms with Gasteiger partial charge in [-0.1, -0.05) is 48.5 Å². The Bertz CT molecular complexity index is 1660. The number of esters is 1. The summed E-state index contributed by atoms with van der Waals surface area (Å²) in [6, 6.07) is 22.5. The number of benzene rings is 3. The molecule has 8 nitrogen and oxygen atoms in total. The number of para-hydroxylation sites is 1. The molecule has 1 spiro atoms. The SMILES string of the molecule is CCOC(=O)Cc1ccccc1OC1CC2(CCN(C(=O)OCC)CC2)c2ccc(-c3cccc4c(N)nccc34)cc21. The number of amides is 1. The number of fused-ring (bicyclic) bond motifs is 3. The van der Waals surface area contributed by atoms with Gasteiger partial charge in [-0.3, -0.25) is 4.79 Å². The van der Waals surface area contributed by atoms with Crippen LogP contribution >= 0.6 is 0 Å². The highest BCUT2D eigenvalue weighted by Crippen LogP contribution is 2.53. The molecular weight excluding hydrogens is 542 g/mol. The van der Waals surface area contributed by atoms with Gasteiger partial charge in [0.1, 0.15) is 17.7 Å². The smallest absolute Gasteiger partial charge is 0.409 e. The van der Waals surface area contributed by atoms with Crippen LogP contribution in [0.4, 0.5) is 10.6 Å². The number of ether oxygens (including phenoxy) is 3. The van der Waals surface area contributed by atoms with Crippen molar-refractivity contribution in [1.29, 1.82) is 0 Å². The number of nitrogens with two attached hydrogens (primary N) is 1. The van der Waals surface area contributed by atoms with Gasteiger partial charge in [0.05, 0.1) is 19.6 Å². The maximum absolute atomic E-state index is 12.5. The number of hydrogen-bond donors (Lipinski definition) is 1. The van der Waals surface area contributed by atoms with Crippen molar-refractivity contribution in [1.82, 2.24) is 9.88 Å². The van der Waals surface area contributed by atoms with Crippen LogP contribution in [0.2, 0.25) is 0 Å². The molecule has 8 heteroatoms. The van der Waals surface area contributed by atoms with Gasteiger partial charge in [0.25, 0.3) is 0 Å². The first kappa shape index (κ1) is 28.5. The van der Waals surface area contributed by atoms with E-state index in [0.29, 0.717) is 37.9 Å². The van der Waals surface area contributed by atoms with Crippen molar-refractivity contribution in [3.8, 4) is 16.9 Å². The lowest BCUT2D eigenvalue weighted by atomic mass is 9.73. The Morgan fingerprint density at radius 2 is 1.74 bits per heavy atom. The van der Waals surface area contributed by atoms with Gasteiger partial charge in [-0.2, -0.15) is 0 Å². The molecule has 1 aliphatic heterocycles. The number of carbonyl (C=O) groups excluding carboxylic acids is 2. The molecule has 222 valence electrons. The number of aromatic nitrogens is 1. The summed E-state index contributed by atoms with van der Waals surface area (Å²) in [5.41, 5.74) is 11.4. The molecule has 1 aromatic heterocycles. The van der Waals surface area contributed by atoms with Crippen LogP contribution in [-0.2, 0) is 26.1 Å². The molecule has 2 heterocycles. The summed E-state index contributed by atoms with van der Waals surface area (Å²) in [6.45, 7) is 5.59. The molecule has 1 aliphatic carbocycles. The van der Waals surface area contributed by atoms with Crippen LogP contribution in [0.3, 0.4) is 0 Å². The lowest BCUT2D eigenvalue weighted by Crippen LogP contribution is -2.44. The van der Waals surface area contributed by atoms with Crippen molar-refractivity contribution < 1.29 is 23.8 Å². The Balaban J connectivity index is 1.38. The summed E-state index contributed by atoms with van der Waals surface area (Å²) in [5, 5.41) is 1.96. The maximum atomic E-state index is 12.5. The fourth-order valence-electron chi connectivity index (χ4n) is 6.73. The maximum Gasteiger partial charge on any atom is 0.409 e. The molecule has 1 saturated heterocycles. The zero-order chi connectivity index (χ0) is 30.0.